The Labute approximate surface area is 156 Å². The number of hydrogen-bond acceptors (Lipinski definition) is 3. The first-order valence-electron chi connectivity index (χ1n) is 9.27. The zero-order valence-corrected chi connectivity index (χ0v) is 16.3. The lowest BCUT2D eigenvalue weighted by Crippen LogP contribution is -2.51. The molecule has 2 N–H and O–H groups in total. The van der Waals surface area contributed by atoms with E-state index >= 15 is 0 Å². The number of hydrogen-bond donors (Lipinski definition) is 2. The van der Waals surface area contributed by atoms with Crippen LogP contribution in [0.4, 0.5) is 4.79 Å². The van der Waals surface area contributed by atoms with Gasteiger partial charge in [0.2, 0.25) is 0 Å². The minimum absolute atomic E-state index is 0.00776. The molecule has 3 amide bonds. The Morgan fingerprint density at radius 1 is 1.19 bits per heavy atom. The summed E-state index contributed by atoms with van der Waals surface area (Å²) < 4.78 is 5.56. The number of likely N-dealkylation sites (tertiary alicyclic amines) is 1. The van der Waals surface area contributed by atoms with Crippen molar-refractivity contribution in [3.63, 3.8) is 0 Å². The smallest absolute Gasteiger partial charge is 0.317 e. The molecule has 0 aromatic heterocycles. The van der Waals surface area contributed by atoms with Gasteiger partial charge in [-0.2, -0.15) is 0 Å². The van der Waals surface area contributed by atoms with Gasteiger partial charge in [0.15, 0.2) is 6.61 Å². The average Bonchev–Trinajstić information content (AvgIpc) is 2.58. The fourth-order valence-electron chi connectivity index (χ4n) is 2.91. The topological polar surface area (TPSA) is 70.7 Å². The van der Waals surface area contributed by atoms with E-state index in [2.05, 4.69) is 10.6 Å². The highest BCUT2D eigenvalue weighted by Gasteiger charge is 2.25. The van der Waals surface area contributed by atoms with Crippen molar-refractivity contribution in [3.05, 3.63) is 29.8 Å². The highest BCUT2D eigenvalue weighted by molar-refractivity contribution is 5.77. The predicted molar refractivity (Wildman–Crippen MR) is 102 cm³/mol. The van der Waals surface area contributed by atoms with Crippen LogP contribution < -0.4 is 15.4 Å². The largest absolute Gasteiger partial charge is 0.484 e. The summed E-state index contributed by atoms with van der Waals surface area (Å²) in [5, 5.41) is 5.93. The van der Waals surface area contributed by atoms with Gasteiger partial charge in [-0.3, -0.25) is 4.79 Å². The first-order valence-corrected chi connectivity index (χ1v) is 9.27. The maximum atomic E-state index is 12.2. The third kappa shape index (κ3) is 6.58. The van der Waals surface area contributed by atoms with E-state index in [1.807, 2.05) is 56.9 Å². The van der Waals surface area contributed by atoms with Gasteiger partial charge in [0.05, 0.1) is 0 Å². The number of aryl methyl sites for hydroxylation is 1. The van der Waals surface area contributed by atoms with E-state index in [0.717, 1.165) is 37.2 Å². The SMILES string of the molecule is Cc1ccccc1OCC(=O)NCC1CCN(C(=O)NC(C)(C)C)CC1. The summed E-state index contributed by atoms with van der Waals surface area (Å²) in [6.07, 6.45) is 1.80. The highest BCUT2D eigenvalue weighted by atomic mass is 16.5. The normalized spacial score (nSPS) is 15.5. The van der Waals surface area contributed by atoms with Crippen LogP contribution in [0.15, 0.2) is 24.3 Å². The van der Waals surface area contributed by atoms with Crippen LogP contribution >= 0.6 is 0 Å². The molecule has 1 aliphatic rings. The number of nitrogens with one attached hydrogen (secondary N) is 2. The van der Waals surface area contributed by atoms with Gasteiger partial charge >= 0.3 is 6.03 Å². The van der Waals surface area contributed by atoms with Crippen LogP contribution in [0.3, 0.4) is 0 Å². The van der Waals surface area contributed by atoms with Crippen molar-refractivity contribution in [1.82, 2.24) is 15.5 Å². The number of urea groups is 1. The Morgan fingerprint density at radius 2 is 1.85 bits per heavy atom. The van der Waals surface area contributed by atoms with Crippen LogP contribution in [-0.2, 0) is 4.79 Å². The van der Waals surface area contributed by atoms with Crippen molar-refractivity contribution in [2.24, 2.45) is 5.92 Å². The van der Waals surface area contributed by atoms with E-state index in [-0.39, 0.29) is 24.1 Å². The van der Waals surface area contributed by atoms with E-state index in [9.17, 15) is 9.59 Å². The minimum Gasteiger partial charge on any atom is -0.484 e. The van der Waals surface area contributed by atoms with Crippen molar-refractivity contribution in [1.29, 1.82) is 0 Å². The second kappa shape index (κ2) is 8.92. The summed E-state index contributed by atoms with van der Waals surface area (Å²) in [6.45, 7) is 9.99. The molecule has 1 fully saturated rings. The monoisotopic (exact) mass is 361 g/mol. The van der Waals surface area contributed by atoms with Crippen molar-refractivity contribution in [2.75, 3.05) is 26.2 Å². The number of carbonyl (C=O) groups excluding carboxylic acids is 2. The van der Waals surface area contributed by atoms with Crippen molar-refractivity contribution in [3.8, 4) is 5.75 Å². The summed E-state index contributed by atoms with van der Waals surface area (Å²) >= 11 is 0. The van der Waals surface area contributed by atoms with Crippen LogP contribution in [0.25, 0.3) is 0 Å². The number of amides is 3. The molecular weight excluding hydrogens is 330 g/mol. The van der Waals surface area contributed by atoms with Crippen molar-refractivity contribution in [2.45, 2.75) is 46.1 Å². The Bertz CT molecular complexity index is 617. The van der Waals surface area contributed by atoms with E-state index < -0.39 is 0 Å². The van der Waals surface area contributed by atoms with Crippen LogP contribution in [0, 0.1) is 12.8 Å². The van der Waals surface area contributed by atoms with Crippen LogP contribution in [0.2, 0.25) is 0 Å². The molecule has 1 saturated heterocycles. The highest BCUT2D eigenvalue weighted by Crippen LogP contribution is 2.18. The lowest BCUT2D eigenvalue weighted by molar-refractivity contribution is -0.123. The lowest BCUT2D eigenvalue weighted by atomic mass is 9.97. The molecule has 1 aromatic rings. The van der Waals surface area contributed by atoms with Crippen LogP contribution in [-0.4, -0.2) is 48.6 Å². The average molecular weight is 361 g/mol. The first kappa shape index (κ1) is 20.1. The molecule has 6 nitrogen and oxygen atoms in total. The third-order valence-electron chi connectivity index (χ3n) is 4.42. The Morgan fingerprint density at radius 3 is 2.46 bits per heavy atom. The van der Waals surface area contributed by atoms with Gasteiger partial charge in [0, 0.05) is 25.2 Å². The van der Waals surface area contributed by atoms with E-state index in [1.54, 1.807) is 0 Å². The fourth-order valence-corrected chi connectivity index (χ4v) is 2.91. The molecule has 6 heteroatoms. The van der Waals surface area contributed by atoms with E-state index in [1.165, 1.54) is 0 Å². The van der Waals surface area contributed by atoms with Crippen molar-refractivity contribution < 1.29 is 14.3 Å². The number of para-hydroxylation sites is 1. The summed E-state index contributed by atoms with van der Waals surface area (Å²) in [6, 6.07) is 7.64. The molecule has 1 aromatic carbocycles. The molecule has 26 heavy (non-hydrogen) atoms. The molecule has 2 rings (SSSR count). The molecule has 0 atom stereocenters. The molecule has 1 aliphatic heterocycles. The number of carbonyl (C=O) groups is 2. The lowest BCUT2D eigenvalue weighted by Gasteiger charge is -2.34. The van der Waals surface area contributed by atoms with Crippen molar-refractivity contribution >= 4 is 11.9 Å². The maximum absolute atomic E-state index is 12.2. The number of rotatable bonds is 5. The van der Waals surface area contributed by atoms with Gasteiger partial charge in [-0.25, -0.2) is 4.79 Å². The zero-order chi connectivity index (χ0) is 19.2. The quantitative estimate of drug-likeness (QED) is 0.847. The molecule has 0 spiro atoms. The molecule has 1 heterocycles. The third-order valence-corrected chi connectivity index (χ3v) is 4.42. The van der Waals surface area contributed by atoms with Crippen LogP contribution in [0.1, 0.15) is 39.2 Å². The van der Waals surface area contributed by atoms with Gasteiger partial charge in [0.25, 0.3) is 5.91 Å². The summed E-state index contributed by atoms with van der Waals surface area (Å²) in [5.74, 6) is 1.03. The van der Waals surface area contributed by atoms with E-state index in [0.29, 0.717) is 12.5 Å². The van der Waals surface area contributed by atoms with Gasteiger partial charge < -0.3 is 20.3 Å². The minimum atomic E-state index is -0.223. The van der Waals surface area contributed by atoms with E-state index in [4.69, 9.17) is 4.74 Å². The number of nitrogens with zero attached hydrogens (tertiary/aromatic N) is 1. The zero-order valence-electron chi connectivity index (χ0n) is 16.3. The summed E-state index contributed by atoms with van der Waals surface area (Å²) in [7, 11) is 0. The number of benzene rings is 1. The van der Waals surface area contributed by atoms with Gasteiger partial charge in [-0.05, 0) is 58.1 Å². The molecule has 144 valence electrons. The molecule has 0 bridgehead atoms. The Balaban J connectivity index is 1.66. The number of ether oxygens (including phenoxy) is 1. The molecule has 0 unspecified atom stereocenters. The molecule has 0 radical (unpaired) electrons. The van der Waals surface area contributed by atoms with Gasteiger partial charge in [-0.15, -0.1) is 0 Å². The van der Waals surface area contributed by atoms with Gasteiger partial charge in [0.1, 0.15) is 5.75 Å². The first-order chi connectivity index (χ1) is 12.2. The second-order valence-electron chi connectivity index (χ2n) is 7.97. The second-order valence-corrected chi connectivity index (χ2v) is 7.97. The summed E-state index contributed by atoms with van der Waals surface area (Å²) in [5.41, 5.74) is 0.792. The Hall–Kier alpha value is -2.24. The fraction of sp³-hybridized carbons (Fsp3) is 0.600. The maximum Gasteiger partial charge on any atom is 0.317 e. The molecular formula is C20H31N3O3. The predicted octanol–water partition coefficient (Wildman–Crippen LogP) is 2.71. The number of piperidine rings is 1. The van der Waals surface area contributed by atoms with Crippen LogP contribution in [0.5, 0.6) is 5.75 Å². The van der Waals surface area contributed by atoms with Gasteiger partial charge in [-0.1, -0.05) is 18.2 Å². The molecule has 0 saturated carbocycles. The molecule has 0 aliphatic carbocycles. The summed E-state index contributed by atoms with van der Waals surface area (Å²) in [4.78, 5) is 26.0. The Kier molecular flexibility index (Phi) is 6.89. The standard InChI is InChI=1S/C20H31N3O3/c1-15-7-5-6-8-17(15)26-14-18(24)21-13-16-9-11-23(12-10-16)19(25)22-20(2,3)4/h5-8,16H,9-14H2,1-4H3,(H,21,24)(H,22,25).